The second-order valence-corrected chi connectivity index (χ2v) is 9.50. The summed E-state index contributed by atoms with van der Waals surface area (Å²) in [7, 11) is -11.0. The molecule has 13 heteroatoms. The molecule has 0 heterocycles. The van der Waals surface area contributed by atoms with Crippen molar-refractivity contribution in [1.82, 2.24) is 5.32 Å². The first kappa shape index (κ1) is 22.5. The smallest absolute Gasteiger partial charge is 0.369 e. The Balaban J connectivity index is 2.62. The lowest BCUT2D eigenvalue weighted by Gasteiger charge is -2.29. The minimum atomic E-state index is -5.52. The molecule has 0 spiro atoms. The van der Waals surface area contributed by atoms with Gasteiger partial charge in [-0.15, -0.1) is 0 Å². The molecule has 0 saturated heterocycles. The molecule has 1 rings (SSSR count). The Hall–Kier alpha value is -1.58. The Morgan fingerprint density at radius 3 is 1.92 bits per heavy atom. The number of nitrogens with one attached hydrogen (secondary N) is 1. The molecule has 26 heavy (non-hydrogen) atoms. The third-order valence-electron chi connectivity index (χ3n) is 3.48. The van der Waals surface area contributed by atoms with Crippen molar-refractivity contribution in [1.29, 1.82) is 0 Å². The molecule has 1 aromatic rings. The summed E-state index contributed by atoms with van der Waals surface area (Å²) in [4.78, 5) is 58.4. The number of carboxylic acid groups (broad SMARTS) is 1. The third-order valence-corrected chi connectivity index (χ3v) is 7.36. The number of carbonyl (C=O) groups excluding carboxylic acids is 1. The Morgan fingerprint density at radius 1 is 1.00 bits per heavy atom. The van der Waals surface area contributed by atoms with Crippen molar-refractivity contribution in [2.45, 2.75) is 24.3 Å². The lowest BCUT2D eigenvalue weighted by Crippen LogP contribution is -2.31. The van der Waals surface area contributed by atoms with Crippen LogP contribution in [0.2, 0.25) is 0 Å². The minimum Gasteiger partial charge on any atom is -0.481 e. The number of carboxylic acids is 1. The summed E-state index contributed by atoms with van der Waals surface area (Å²) in [6.07, 6.45) is -1.44. The van der Waals surface area contributed by atoms with Crippen LogP contribution < -0.4 is 5.32 Å². The molecule has 0 saturated carbocycles. The first-order chi connectivity index (χ1) is 11.8. The average molecular weight is 411 g/mol. The topological polar surface area (TPSA) is 202 Å². The van der Waals surface area contributed by atoms with Crippen molar-refractivity contribution in [3.63, 3.8) is 0 Å². The van der Waals surface area contributed by atoms with Gasteiger partial charge in [0.1, 0.15) is 0 Å². The molecule has 0 fully saturated rings. The van der Waals surface area contributed by atoms with Crippen molar-refractivity contribution < 1.29 is 48.5 Å². The maximum atomic E-state index is 11.9. The summed E-state index contributed by atoms with van der Waals surface area (Å²) in [6.45, 7) is -0.210. The maximum absolute atomic E-state index is 11.9. The fraction of sp³-hybridized carbons (Fsp3) is 0.385. The monoisotopic (exact) mass is 411 g/mol. The Morgan fingerprint density at radius 2 is 1.50 bits per heavy atom. The number of hydrogen-bond acceptors (Lipinski definition) is 5. The fourth-order valence-electron chi connectivity index (χ4n) is 2.04. The summed E-state index contributed by atoms with van der Waals surface area (Å²) in [5, 5.41) is 17.2. The molecule has 0 aliphatic heterocycles. The van der Waals surface area contributed by atoms with E-state index in [0.29, 0.717) is 5.56 Å². The predicted octanol–water partition coefficient (Wildman–Crippen LogP) is -0.175. The normalized spacial score (nSPS) is 12.7. The van der Waals surface area contributed by atoms with Crippen LogP contribution in [0.25, 0.3) is 0 Å². The van der Waals surface area contributed by atoms with Crippen LogP contribution in [0.1, 0.15) is 28.8 Å². The van der Waals surface area contributed by atoms with Gasteiger partial charge in [-0.1, -0.05) is 12.1 Å². The van der Waals surface area contributed by atoms with E-state index in [-0.39, 0.29) is 24.9 Å². The molecule has 1 aromatic carbocycles. The van der Waals surface area contributed by atoms with Gasteiger partial charge < -0.3 is 35.1 Å². The van der Waals surface area contributed by atoms with Gasteiger partial charge in [0, 0.05) is 18.5 Å². The molecular formula is C13H19NO10P2. The van der Waals surface area contributed by atoms with Gasteiger partial charge in [-0.05, 0) is 24.1 Å². The van der Waals surface area contributed by atoms with Crippen LogP contribution in [0.15, 0.2) is 24.3 Å². The van der Waals surface area contributed by atoms with Crippen LogP contribution >= 0.6 is 15.2 Å². The molecule has 0 bridgehead atoms. The number of amides is 1. The van der Waals surface area contributed by atoms with Gasteiger partial charge >= 0.3 is 21.2 Å². The first-order valence-electron chi connectivity index (χ1n) is 7.20. The quantitative estimate of drug-likeness (QED) is 0.211. The molecule has 11 nitrogen and oxygen atoms in total. The van der Waals surface area contributed by atoms with Gasteiger partial charge in [0.25, 0.3) is 11.0 Å². The molecule has 0 aliphatic rings. The van der Waals surface area contributed by atoms with Crippen LogP contribution in [-0.4, -0.2) is 53.3 Å². The van der Waals surface area contributed by atoms with Crippen LogP contribution in [0.5, 0.6) is 0 Å². The van der Waals surface area contributed by atoms with E-state index in [1.165, 1.54) is 24.3 Å². The Kier molecular flexibility index (Phi) is 7.26. The van der Waals surface area contributed by atoms with Gasteiger partial charge in [0.15, 0.2) is 0 Å². The Labute approximate surface area is 148 Å². The number of benzene rings is 1. The van der Waals surface area contributed by atoms with Gasteiger partial charge in [-0.2, -0.15) is 0 Å². The molecule has 146 valence electrons. The van der Waals surface area contributed by atoms with Gasteiger partial charge in [-0.25, -0.2) is 0 Å². The van der Waals surface area contributed by atoms with Crippen molar-refractivity contribution >= 4 is 27.1 Å². The molecule has 0 aliphatic carbocycles. The first-order valence-corrected chi connectivity index (χ1v) is 10.4. The molecular weight excluding hydrogens is 392 g/mol. The van der Waals surface area contributed by atoms with E-state index >= 15 is 0 Å². The van der Waals surface area contributed by atoms with Crippen LogP contribution in [0.4, 0.5) is 0 Å². The summed E-state index contributed by atoms with van der Waals surface area (Å²) in [5.74, 6) is -1.60. The standard InChI is InChI=1S/C13H19NO10P2/c15-11(16)8-9-2-4-10(5-3-9)12(17)14-7-1-6-13(18,25(19,20)21)26(22,23)24/h2-5,18H,1,6-8H2,(H,14,17)(H,15,16)(H2,19,20,21)(H2,22,23,24). The lowest BCUT2D eigenvalue weighted by molar-refractivity contribution is -0.136. The van der Waals surface area contributed by atoms with Gasteiger partial charge in [0.05, 0.1) is 6.42 Å². The van der Waals surface area contributed by atoms with E-state index in [1.807, 2.05) is 0 Å². The fourth-order valence-corrected chi connectivity index (χ4v) is 4.30. The van der Waals surface area contributed by atoms with E-state index in [1.54, 1.807) is 0 Å². The highest BCUT2D eigenvalue weighted by Crippen LogP contribution is 2.69. The highest BCUT2D eigenvalue weighted by Gasteiger charge is 2.58. The number of carbonyl (C=O) groups is 2. The lowest BCUT2D eigenvalue weighted by atomic mass is 10.1. The zero-order valence-electron chi connectivity index (χ0n) is 13.3. The number of rotatable bonds is 9. The SMILES string of the molecule is O=C(O)Cc1ccc(C(=O)NCCCC(O)(P(=O)(O)O)P(=O)(O)O)cc1. The predicted molar refractivity (Wildman–Crippen MR) is 88.4 cm³/mol. The van der Waals surface area contributed by atoms with E-state index in [2.05, 4.69) is 5.32 Å². The number of aliphatic carboxylic acids is 1. The number of hydrogen-bond donors (Lipinski definition) is 7. The largest absolute Gasteiger partial charge is 0.481 e. The highest BCUT2D eigenvalue weighted by atomic mass is 31.2. The van der Waals surface area contributed by atoms with Crippen molar-refractivity contribution in [2.24, 2.45) is 0 Å². The second kappa shape index (κ2) is 8.41. The van der Waals surface area contributed by atoms with Crippen LogP contribution in [0.3, 0.4) is 0 Å². The van der Waals surface area contributed by atoms with Gasteiger partial charge in [-0.3, -0.25) is 18.7 Å². The third kappa shape index (κ3) is 5.72. The van der Waals surface area contributed by atoms with E-state index in [4.69, 9.17) is 24.7 Å². The van der Waals surface area contributed by atoms with Crippen LogP contribution in [0, 0.1) is 0 Å². The second-order valence-electron chi connectivity index (χ2n) is 5.49. The molecule has 1 amide bonds. The summed E-state index contributed by atoms with van der Waals surface area (Å²) < 4.78 is 22.4. The average Bonchev–Trinajstić information content (AvgIpc) is 2.49. The molecule has 0 atom stereocenters. The molecule has 0 aromatic heterocycles. The Bertz CT molecular complexity index is 729. The minimum absolute atomic E-state index is 0.194. The van der Waals surface area contributed by atoms with E-state index in [0.717, 1.165) is 0 Å². The molecule has 7 N–H and O–H groups in total. The van der Waals surface area contributed by atoms with Gasteiger partial charge in [0.2, 0.25) is 0 Å². The maximum Gasteiger partial charge on any atom is 0.369 e. The molecule has 0 radical (unpaired) electrons. The van der Waals surface area contributed by atoms with Crippen LogP contribution in [-0.2, 0) is 20.3 Å². The van der Waals surface area contributed by atoms with Crippen molar-refractivity contribution in [2.75, 3.05) is 6.54 Å². The zero-order chi connectivity index (χ0) is 20.2. The molecule has 0 unspecified atom stereocenters. The summed E-state index contributed by atoms with van der Waals surface area (Å²) in [6, 6.07) is 5.66. The van der Waals surface area contributed by atoms with Crippen molar-refractivity contribution in [3.05, 3.63) is 35.4 Å². The van der Waals surface area contributed by atoms with Crippen molar-refractivity contribution in [3.8, 4) is 0 Å². The summed E-state index contributed by atoms with van der Waals surface area (Å²) in [5.41, 5.74) is 0.682. The van der Waals surface area contributed by atoms with E-state index < -0.39 is 38.6 Å². The van der Waals surface area contributed by atoms with E-state index in [9.17, 15) is 23.8 Å². The number of aliphatic hydroxyl groups is 1. The highest BCUT2D eigenvalue weighted by molar-refractivity contribution is 7.72. The zero-order valence-corrected chi connectivity index (χ0v) is 15.1. The summed E-state index contributed by atoms with van der Waals surface area (Å²) >= 11 is 0.